The predicted molar refractivity (Wildman–Crippen MR) is 104 cm³/mol. The summed E-state index contributed by atoms with van der Waals surface area (Å²) >= 11 is 0. The Labute approximate surface area is 153 Å². The number of rotatable bonds is 7. The van der Waals surface area contributed by atoms with E-state index in [1.54, 1.807) is 12.1 Å². The quantitative estimate of drug-likeness (QED) is 0.659. The number of benzene rings is 2. The van der Waals surface area contributed by atoms with Crippen LogP contribution in [-0.2, 0) is 13.0 Å². The zero-order valence-corrected chi connectivity index (χ0v) is 15.1. The highest BCUT2D eigenvalue weighted by molar-refractivity contribution is 5.48. The van der Waals surface area contributed by atoms with Gasteiger partial charge in [0.1, 0.15) is 23.3 Å². The summed E-state index contributed by atoms with van der Waals surface area (Å²) in [5.74, 6) is 2.03. The van der Waals surface area contributed by atoms with Crippen LogP contribution in [0.2, 0.25) is 0 Å². The predicted octanol–water partition coefficient (Wildman–Crippen LogP) is 4.50. The van der Waals surface area contributed by atoms with E-state index in [-0.39, 0.29) is 5.82 Å². The van der Waals surface area contributed by atoms with Gasteiger partial charge in [-0.05, 0) is 43.0 Å². The summed E-state index contributed by atoms with van der Waals surface area (Å²) < 4.78 is 13.7. The number of hydrogen-bond acceptors (Lipinski definition) is 4. The first-order valence-electron chi connectivity index (χ1n) is 8.73. The van der Waals surface area contributed by atoms with Crippen molar-refractivity contribution < 1.29 is 4.39 Å². The van der Waals surface area contributed by atoms with Crippen LogP contribution in [0.4, 0.5) is 16.0 Å². The van der Waals surface area contributed by atoms with Crippen molar-refractivity contribution in [3.8, 4) is 0 Å². The molecular weight excluding hydrogens is 327 g/mol. The fourth-order valence-corrected chi connectivity index (χ4v) is 2.77. The first-order valence-corrected chi connectivity index (χ1v) is 8.73. The van der Waals surface area contributed by atoms with Crippen molar-refractivity contribution in [1.29, 1.82) is 0 Å². The van der Waals surface area contributed by atoms with Crippen molar-refractivity contribution in [2.24, 2.45) is 0 Å². The average Bonchev–Trinajstić information content (AvgIpc) is 2.62. The zero-order valence-electron chi connectivity index (χ0n) is 15.1. The van der Waals surface area contributed by atoms with E-state index in [1.165, 1.54) is 17.2 Å². The molecule has 4 nitrogen and oxygen atoms in total. The smallest absolute Gasteiger partial charge is 0.132 e. The Morgan fingerprint density at radius 1 is 0.846 bits per heavy atom. The van der Waals surface area contributed by atoms with E-state index in [0.717, 1.165) is 11.6 Å². The summed E-state index contributed by atoms with van der Waals surface area (Å²) in [7, 11) is 0. The minimum Gasteiger partial charge on any atom is -0.370 e. The highest BCUT2D eigenvalue weighted by Gasteiger charge is 2.04. The van der Waals surface area contributed by atoms with Gasteiger partial charge in [0.25, 0.3) is 0 Å². The fraction of sp³-hybridized carbons (Fsp3) is 0.238. The molecule has 134 valence electrons. The van der Waals surface area contributed by atoms with Crippen molar-refractivity contribution in [3.63, 3.8) is 0 Å². The maximum Gasteiger partial charge on any atom is 0.132 e. The molecule has 0 fully saturated rings. The maximum atomic E-state index is 13.7. The van der Waals surface area contributed by atoms with Gasteiger partial charge in [-0.25, -0.2) is 14.4 Å². The third-order valence-corrected chi connectivity index (χ3v) is 4.22. The lowest BCUT2D eigenvalue weighted by Crippen LogP contribution is -2.10. The van der Waals surface area contributed by atoms with Gasteiger partial charge in [-0.2, -0.15) is 0 Å². The Morgan fingerprint density at radius 2 is 1.50 bits per heavy atom. The van der Waals surface area contributed by atoms with Gasteiger partial charge < -0.3 is 10.6 Å². The van der Waals surface area contributed by atoms with Crippen LogP contribution in [0.5, 0.6) is 0 Å². The number of nitrogens with one attached hydrogen (secondary N) is 2. The molecule has 0 aliphatic heterocycles. The topological polar surface area (TPSA) is 49.8 Å². The first-order chi connectivity index (χ1) is 12.6. The van der Waals surface area contributed by atoms with Gasteiger partial charge >= 0.3 is 0 Å². The van der Waals surface area contributed by atoms with Crippen LogP contribution >= 0.6 is 0 Å². The Balaban J connectivity index is 1.60. The molecule has 0 aliphatic carbocycles. The van der Waals surface area contributed by atoms with Crippen LogP contribution < -0.4 is 10.6 Å². The van der Waals surface area contributed by atoms with Gasteiger partial charge in [-0.1, -0.05) is 42.5 Å². The van der Waals surface area contributed by atoms with E-state index in [1.807, 2.05) is 31.2 Å². The normalized spacial score (nSPS) is 10.6. The van der Waals surface area contributed by atoms with Gasteiger partial charge in [-0.3, -0.25) is 0 Å². The lowest BCUT2D eigenvalue weighted by atomic mass is 10.1. The molecule has 26 heavy (non-hydrogen) atoms. The summed E-state index contributed by atoms with van der Waals surface area (Å²) in [6.45, 7) is 5.27. The van der Waals surface area contributed by atoms with E-state index >= 15 is 0 Å². The lowest BCUT2D eigenvalue weighted by molar-refractivity contribution is 0.610. The van der Waals surface area contributed by atoms with Gasteiger partial charge in [0, 0.05) is 19.2 Å². The van der Waals surface area contributed by atoms with Crippen molar-refractivity contribution in [3.05, 3.63) is 82.9 Å². The molecule has 0 unspecified atom stereocenters. The lowest BCUT2D eigenvalue weighted by Gasteiger charge is -2.11. The largest absolute Gasteiger partial charge is 0.370 e. The first kappa shape index (κ1) is 17.9. The van der Waals surface area contributed by atoms with Gasteiger partial charge in [0.05, 0.1) is 0 Å². The highest BCUT2D eigenvalue weighted by atomic mass is 19.1. The summed E-state index contributed by atoms with van der Waals surface area (Å²) in [5.41, 5.74) is 3.18. The molecule has 0 amide bonds. The molecule has 3 aromatic rings. The molecule has 1 heterocycles. The molecule has 0 spiro atoms. The number of anilines is 2. The van der Waals surface area contributed by atoms with Gasteiger partial charge in [0.15, 0.2) is 0 Å². The van der Waals surface area contributed by atoms with Crippen LogP contribution in [0.3, 0.4) is 0 Å². The molecule has 2 N–H and O–H groups in total. The number of halogens is 1. The Kier molecular flexibility index (Phi) is 5.79. The van der Waals surface area contributed by atoms with Crippen LogP contribution in [0.25, 0.3) is 0 Å². The number of hydrogen-bond donors (Lipinski definition) is 2. The Morgan fingerprint density at radius 3 is 2.23 bits per heavy atom. The van der Waals surface area contributed by atoms with Crippen molar-refractivity contribution in [1.82, 2.24) is 9.97 Å². The molecule has 0 bridgehead atoms. The molecule has 0 aliphatic rings. The van der Waals surface area contributed by atoms with Crippen LogP contribution in [0.15, 0.2) is 54.6 Å². The third kappa shape index (κ3) is 4.79. The van der Waals surface area contributed by atoms with Crippen molar-refractivity contribution >= 4 is 11.6 Å². The minimum atomic E-state index is -0.172. The second kappa shape index (κ2) is 8.43. The molecule has 5 heteroatoms. The second-order valence-corrected chi connectivity index (χ2v) is 6.23. The number of nitrogens with zero attached hydrogens (tertiary/aromatic N) is 2. The van der Waals surface area contributed by atoms with Crippen molar-refractivity contribution in [2.45, 2.75) is 26.8 Å². The van der Waals surface area contributed by atoms with E-state index in [2.05, 4.69) is 39.7 Å². The summed E-state index contributed by atoms with van der Waals surface area (Å²) in [4.78, 5) is 8.84. The number of aryl methyl sites for hydroxylation is 2. The highest BCUT2D eigenvalue weighted by Crippen LogP contribution is 2.14. The Bertz CT molecular complexity index is 879. The average molecular weight is 350 g/mol. The Hall–Kier alpha value is -2.95. The third-order valence-electron chi connectivity index (χ3n) is 4.22. The maximum absolute atomic E-state index is 13.7. The summed E-state index contributed by atoms with van der Waals surface area (Å²) in [5, 5.41) is 6.60. The summed E-state index contributed by atoms with van der Waals surface area (Å²) in [6, 6.07) is 17.0. The van der Waals surface area contributed by atoms with Crippen molar-refractivity contribution in [2.75, 3.05) is 17.2 Å². The standard InChI is InChI=1S/C21H23FN4/c1-15-7-3-4-9-18(15)14-24-21-13-20(25-16(2)26-21)23-12-11-17-8-5-6-10-19(17)22/h3-10,13H,11-12,14H2,1-2H3,(H2,23,24,25,26). The molecule has 2 aromatic carbocycles. The minimum absolute atomic E-state index is 0.172. The molecular formula is C21H23FN4. The summed E-state index contributed by atoms with van der Waals surface area (Å²) in [6.07, 6.45) is 0.599. The van der Waals surface area contributed by atoms with Gasteiger partial charge in [0.2, 0.25) is 0 Å². The molecule has 0 radical (unpaired) electrons. The molecule has 0 atom stereocenters. The molecule has 3 rings (SSSR count). The molecule has 1 aromatic heterocycles. The van der Waals surface area contributed by atoms with Gasteiger partial charge in [-0.15, -0.1) is 0 Å². The SMILES string of the molecule is Cc1nc(NCCc2ccccc2F)cc(NCc2ccccc2C)n1. The van der Waals surface area contributed by atoms with Crippen LogP contribution in [0.1, 0.15) is 22.5 Å². The van der Waals surface area contributed by atoms with E-state index in [9.17, 15) is 4.39 Å². The number of aromatic nitrogens is 2. The van der Waals surface area contributed by atoms with Crippen LogP contribution in [-0.4, -0.2) is 16.5 Å². The second-order valence-electron chi connectivity index (χ2n) is 6.23. The van der Waals surface area contributed by atoms with E-state index in [4.69, 9.17) is 0 Å². The molecule has 0 saturated carbocycles. The van der Waals surface area contributed by atoms with E-state index < -0.39 is 0 Å². The van der Waals surface area contributed by atoms with E-state index in [0.29, 0.717) is 30.9 Å². The van der Waals surface area contributed by atoms with Crippen LogP contribution in [0, 0.1) is 19.7 Å². The molecule has 0 saturated heterocycles. The monoisotopic (exact) mass is 350 g/mol. The zero-order chi connectivity index (χ0) is 18.4. The fourth-order valence-electron chi connectivity index (χ4n) is 2.77.